The summed E-state index contributed by atoms with van der Waals surface area (Å²) in [7, 11) is 0. The number of hydrogen-bond acceptors (Lipinski definition) is 3. The van der Waals surface area contributed by atoms with Crippen molar-refractivity contribution in [3.05, 3.63) is 42.7 Å². The maximum absolute atomic E-state index is 12.0. The first-order valence-corrected chi connectivity index (χ1v) is 6.14. The van der Waals surface area contributed by atoms with Crippen molar-refractivity contribution < 1.29 is 4.79 Å². The molecule has 5 nitrogen and oxygen atoms in total. The average molecular weight is 295 g/mol. The molecule has 0 radical (unpaired) electrons. The van der Waals surface area contributed by atoms with Gasteiger partial charge < -0.3 is 11.1 Å². The quantitative estimate of drug-likeness (QED) is 0.908. The lowest BCUT2D eigenvalue weighted by atomic mass is 9.92. The van der Waals surface area contributed by atoms with Crippen LogP contribution in [0.2, 0.25) is 0 Å². The molecule has 0 aliphatic heterocycles. The van der Waals surface area contributed by atoms with E-state index in [-0.39, 0.29) is 18.3 Å². The van der Waals surface area contributed by atoms with Gasteiger partial charge in [0.25, 0.3) is 0 Å². The molecule has 0 saturated carbocycles. The molecule has 6 heteroatoms. The fraction of sp³-hybridized carbons (Fsp3) is 0.286. The molecule has 1 heterocycles. The summed E-state index contributed by atoms with van der Waals surface area (Å²) in [5.74, 6) is -0.0902. The van der Waals surface area contributed by atoms with Crippen molar-refractivity contribution in [3.8, 4) is 5.69 Å². The van der Waals surface area contributed by atoms with Crippen LogP contribution in [0.5, 0.6) is 0 Å². The first kappa shape index (κ1) is 16.2. The Kier molecular flexibility index (Phi) is 5.30. The van der Waals surface area contributed by atoms with E-state index in [0.717, 1.165) is 11.4 Å². The van der Waals surface area contributed by atoms with Gasteiger partial charge in [-0.15, -0.1) is 12.4 Å². The Morgan fingerprint density at radius 3 is 2.75 bits per heavy atom. The van der Waals surface area contributed by atoms with Gasteiger partial charge in [-0.3, -0.25) is 4.79 Å². The van der Waals surface area contributed by atoms with Crippen molar-refractivity contribution in [2.75, 3.05) is 11.9 Å². The third-order valence-electron chi connectivity index (χ3n) is 3.00. The zero-order chi connectivity index (χ0) is 13.9. The van der Waals surface area contributed by atoms with Crippen LogP contribution in [-0.4, -0.2) is 22.2 Å². The zero-order valence-corrected chi connectivity index (χ0v) is 12.4. The van der Waals surface area contributed by atoms with E-state index in [1.54, 1.807) is 10.9 Å². The summed E-state index contributed by atoms with van der Waals surface area (Å²) in [6.45, 7) is 3.94. The predicted octanol–water partition coefficient (Wildman–Crippen LogP) is 2.22. The number of carbonyl (C=O) groups excluding carboxylic acids is 1. The zero-order valence-electron chi connectivity index (χ0n) is 11.5. The van der Waals surface area contributed by atoms with E-state index >= 15 is 0 Å². The van der Waals surface area contributed by atoms with Crippen LogP contribution in [0.25, 0.3) is 5.69 Å². The number of carbonyl (C=O) groups is 1. The second-order valence-corrected chi connectivity index (χ2v) is 5.04. The van der Waals surface area contributed by atoms with Crippen LogP contribution in [-0.2, 0) is 4.79 Å². The molecule has 0 spiro atoms. The maximum atomic E-state index is 12.0. The number of anilines is 1. The van der Waals surface area contributed by atoms with Crippen LogP contribution in [0.15, 0.2) is 42.7 Å². The van der Waals surface area contributed by atoms with E-state index in [0.29, 0.717) is 6.54 Å². The first-order valence-electron chi connectivity index (χ1n) is 6.14. The predicted molar refractivity (Wildman–Crippen MR) is 82.3 cm³/mol. The van der Waals surface area contributed by atoms with E-state index in [1.807, 2.05) is 50.4 Å². The number of halogens is 1. The molecular formula is C14H19ClN4O. The van der Waals surface area contributed by atoms with E-state index in [1.165, 1.54) is 0 Å². The molecule has 1 aromatic heterocycles. The number of aromatic nitrogens is 2. The molecule has 0 atom stereocenters. The van der Waals surface area contributed by atoms with E-state index in [9.17, 15) is 4.79 Å². The summed E-state index contributed by atoms with van der Waals surface area (Å²) in [6, 6.07) is 9.37. The molecule has 0 fully saturated rings. The Hall–Kier alpha value is -1.85. The van der Waals surface area contributed by atoms with Gasteiger partial charge in [0.15, 0.2) is 0 Å². The molecular weight excluding hydrogens is 276 g/mol. The van der Waals surface area contributed by atoms with Crippen molar-refractivity contribution in [3.63, 3.8) is 0 Å². The molecule has 20 heavy (non-hydrogen) atoms. The highest BCUT2D eigenvalue weighted by molar-refractivity contribution is 5.95. The summed E-state index contributed by atoms with van der Waals surface area (Å²) >= 11 is 0. The lowest BCUT2D eigenvalue weighted by molar-refractivity contribution is -0.123. The van der Waals surface area contributed by atoms with Gasteiger partial charge in [-0.05, 0) is 38.1 Å². The molecule has 0 bridgehead atoms. The maximum Gasteiger partial charge on any atom is 0.231 e. The average Bonchev–Trinajstić information content (AvgIpc) is 2.93. The molecule has 2 aromatic rings. The number of benzene rings is 1. The van der Waals surface area contributed by atoms with Crippen molar-refractivity contribution in [2.24, 2.45) is 11.1 Å². The third-order valence-corrected chi connectivity index (χ3v) is 3.00. The highest BCUT2D eigenvalue weighted by Crippen LogP contribution is 2.19. The van der Waals surface area contributed by atoms with Gasteiger partial charge in [0.05, 0.1) is 11.1 Å². The Balaban J connectivity index is 0.00000200. The number of nitrogens with zero attached hydrogens (tertiary/aromatic N) is 2. The summed E-state index contributed by atoms with van der Waals surface area (Å²) < 4.78 is 1.74. The molecule has 2 rings (SSSR count). The number of amides is 1. The lowest BCUT2D eigenvalue weighted by Crippen LogP contribution is -2.37. The fourth-order valence-corrected chi connectivity index (χ4v) is 1.54. The van der Waals surface area contributed by atoms with Crippen molar-refractivity contribution in [1.82, 2.24) is 9.78 Å². The SMILES string of the molecule is CC(C)(CN)C(=O)Nc1cccc(-n2cccn2)c1.Cl. The smallest absolute Gasteiger partial charge is 0.231 e. The van der Waals surface area contributed by atoms with Crippen molar-refractivity contribution >= 4 is 24.0 Å². The molecule has 108 valence electrons. The van der Waals surface area contributed by atoms with Gasteiger partial charge in [0.1, 0.15) is 0 Å². The van der Waals surface area contributed by atoms with Crippen LogP contribution < -0.4 is 11.1 Å². The third kappa shape index (κ3) is 3.59. The van der Waals surface area contributed by atoms with E-state index in [4.69, 9.17) is 5.73 Å². The summed E-state index contributed by atoms with van der Waals surface area (Å²) in [5.41, 5.74) is 6.64. The Labute approximate surface area is 124 Å². The fourth-order valence-electron chi connectivity index (χ4n) is 1.54. The van der Waals surface area contributed by atoms with Crippen LogP contribution >= 0.6 is 12.4 Å². The number of hydrogen-bond donors (Lipinski definition) is 2. The first-order chi connectivity index (χ1) is 9.03. The second kappa shape index (κ2) is 6.54. The normalized spacial score (nSPS) is 10.8. The number of nitrogens with one attached hydrogen (secondary N) is 1. The Morgan fingerprint density at radius 2 is 2.15 bits per heavy atom. The minimum absolute atomic E-state index is 0. The molecule has 1 amide bonds. The van der Waals surface area contributed by atoms with Gasteiger partial charge in [-0.1, -0.05) is 6.07 Å². The second-order valence-electron chi connectivity index (χ2n) is 5.04. The highest BCUT2D eigenvalue weighted by Gasteiger charge is 2.25. The summed E-state index contributed by atoms with van der Waals surface area (Å²) in [5, 5.41) is 7.03. The Bertz CT molecular complexity index is 566. The highest BCUT2D eigenvalue weighted by atomic mass is 35.5. The molecule has 0 saturated heterocycles. The molecule has 0 unspecified atom stereocenters. The van der Waals surface area contributed by atoms with Crippen molar-refractivity contribution in [2.45, 2.75) is 13.8 Å². The Morgan fingerprint density at radius 1 is 1.40 bits per heavy atom. The summed E-state index contributed by atoms with van der Waals surface area (Å²) in [6.07, 6.45) is 3.56. The lowest BCUT2D eigenvalue weighted by Gasteiger charge is -2.21. The van der Waals surface area contributed by atoms with Crippen LogP contribution in [0.3, 0.4) is 0 Å². The monoisotopic (exact) mass is 294 g/mol. The standard InChI is InChI=1S/C14H18N4O.ClH/c1-14(2,10-15)13(19)17-11-5-3-6-12(9-11)18-8-4-7-16-18;/h3-9H,10,15H2,1-2H3,(H,17,19);1H. The minimum Gasteiger partial charge on any atom is -0.329 e. The molecule has 0 aliphatic rings. The van der Waals surface area contributed by atoms with Crippen LogP contribution in [0, 0.1) is 5.41 Å². The van der Waals surface area contributed by atoms with Crippen LogP contribution in [0.1, 0.15) is 13.8 Å². The van der Waals surface area contributed by atoms with Crippen LogP contribution in [0.4, 0.5) is 5.69 Å². The van der Waals surface area contributed by atoms with Gasteiger partial charge in [-0.25, -0.2) is 4.68 Å². The van der Waals surface area contributed by atoms with E-state index in [2.05, 4.69) is 10.4 Å². The van der Waals surface area contributed by atoms with Gasteiger partial charge in [-0.2, -0.15) is 5.10 Å². The van der Waals surface area contributed by atoms with Crippen molar-refractivity contribution in [1.29, 1.82) is 0 Å². The minimum atomic E-state index is -0.582. The molecule has 1 aromatic carbocycles. The van der Waals surface area contributed by atoms with Gasteiger partial charge in [0.2, 0.25) is 5.91 Å². The number of rotatable bonds is 4. The molecule has 0 aliphatic carbocycles. The number of nitrogens with two attached hydrogens (primary N) is 1. The summed E-state index contributed by atoms with van der Waals surface area (Å²) in [4.78, 5) is 12.0. The van der Waals surface area contributed by atoms with Gasteiger partial charge >= 0.3 is 0 Å². The van der Waals surface area contributed by atoms with E-state index < -0.39 is 5.41 Å². The molecule has 3 N–H and O–H groups in total. The topological polar surface area (TPSA) is 72.9 Å². The largest absolute Gasteiger partial charge is 0.329 e. The van der Waals surface area contributed by atoms with Gasteiger partial charge in [0, 0.05) is 24.6 Å².